The van der Waals surface area contributed by atoms with Crippen molar-refractivity contribution in [2.75, 3.05) is 19.6 Å². The van der Waals surface area contributed by atoms with Gasteiger partial charge in [-0.25, -0.2) is 0 Å². The van der Waals surface area contributed by atoms with Gasteiger partial charge in [-0.1, -0.05) is 18.2 Å². The third kappa shape index (κ3) is 3.58. The summed E-state index contributed by atoms with van der Waals surface area (Å²) in [5.41, 5.74) is 3.80. The number of para-hydroxylation sites is 1. The summed E-state index contributed by atoms with van der Waals surface area (Å²) in [6.07, 6.45) is 1.11. The molecular formula is C19H23N5O. The van der Waals surface area contributed by atoms with Gasteiger partial charge in [0.05, 0.1) is 0 Å². The number of aryl methyl sites for hydroxylation is 1. The maximum absolute atomic E-state index is 12.1. The lowest BCUT2D eigenvalue weighted by molar-refractivity contribution is 0.0942. The van der Waals surface area contributed by atoms with Crippen LogP contribution in [0.5, 0.6) is 0 Å². The summed E-state index contributed by atoms with van der Waals surface area (Å²) in [6, 6.07) is 12.4. The molecule has 1 saturated heterocycles. The molecule has 2 aromatic heterocycles. The average molecular weight is 337 g/mol. The van der Waals surface area contributed by atoms with Crippen LogP contribution in [0.25, 0.3) is 10.9 Å². The quantitative estimate of drug-likeness (QED) is 0.669. The number of H-pyrrole nitrogens is 2. The molecule has 130 valence electrons. The molecule has 4 rings (SSSR count). The second-order valence-corrected chi connectivity index (χ2v) is 6.92. The minimum Gasteiger partial charge on any atom is -0.357 e. The molecule has 6 nitrogen and oxygen atoms in total. The van der Waals surface area contributed by atoms with E-state index in [2.05, 4.69) is 55.7 Å². The fourth-order valence-electron chi connectivity index (χ4n) is 3.54. The number of rotatable bonds is 5. The van der Waals surface area contributed by atoms with Gasteiger partial charge >= 0.3 is 0 Å². The third-order valence-electron chi connectivity index (χ3n) is 4.84. The molecule has 1 atom stereocenters. The summed E-state index contributed by atoms with van der Waals surface area (Å²) >= 11 is 0. The molecule has 1 aliphatic rings. The first-order chi connectivity index (χ1) is 12.2. The zero-order chi connectivity index (χ0) is 17.2. The van der Waals surface area contributed by atoms with E-state index >= 15 is 0 Å². The van der Waals surface area contributed by atoms with Crippen LogP contribution in [0.3, 0.4) is 0 Å². The molecular weight excluding hydrogens is 314 g/mol. The van der Waals surface area contributed by atoms with Crippen LogP contribution in [0.1, 0.15) is 28.3 Å². The number of nitrogens with one attached hydrogen (secondary N) is 3. The molecule has 0 spiro atoms. The summed E-state index contributed by atoms with van der Waals surface area (Å²) in [6.45, 7) is 5.60. The van der Waals surface area contributed by atoms with Crippen molar-refractivity contribution in [3.8, 4) is 0 Å². The molecule has 0 saturated carbocycles. The van der Waals surface area contributed by atoms with E-state index in [0.29, 0.717) is 18.2 Å². The van der Waals surface area contributed by atoms with E-state index in [0.717, 1.165) is 31.7 Å². The SMILES string of the molecule is Cc1cc(C(=O)NC[C@H]2CCN(Cc3cc4ccccc4[nH]3)C2)n[nH]1. The Labute approximate surface area is 146 Å². The van der Waals surface area contributed by atoms with Crippen LogP contribution >= 0.6 is 0 Å². The van der Waals surface area contributed by atoms with E-state index in [9.17, 15) is 4.79 Å². The Balaban J connectivity index is 1.28. The van der Waals surface area contributed by atoms with Gasteiger partial charge in [0.25, 0.3) is 5.91 Å². The van der Waals surface area contributed by atoms with Crippen LogP contribution in [0.15, 0.2) is 36.4 Å². The number of carbonyl (C=O) groups excluding carboxylic acids is 1. The number of hydrogen-bond acceptors (Lipinski definition) is 3. The van der Waals surface area contributed by atoms with Crippen molar-refractivity contribution in [2.24, 2.45) is 5.92 Å². The van der Waals surface area contributed by atoms with Crippen molar-refractivity contribution in [1.29, 1.82) is 0 Å². The Morgan fingerprint density at radius 2 is 2.24 bits per heavy atom. The second kappa shape index (κ2) is 6.72. The topological polar surface area (TPSA) is 76.8 Å². The zero-order valence-electron chi connectivity index (χ0n) is 14.4. The first-order valence-electron chi connectivity index (χ1n) is 8.76. The van der Waals surface area contributed by atoms with Crippen molar-refractivity contribution < 1.29 is 4.79 Å². The van der Waals surface area contributed by atoms with E-state index in [1.807, 2.05) is 6.92 Å². The molecule has 3 aromatic rings. The molecule has 0 bridgehead atoms. The van der Waals surface area contributed by atoms with Crippen LogP contribution in [-0.4, -0.2) is 45.6 Å². The minimum atomic E-state index is -0.0987. The number of amides is 1. The minimum absolute atomic E-state index is 0.0987. The Bertz CT molecular complexity index is 848. The highest BCUT2D eigenvalue weighted by Gasteiger charge is 2.23. The number of aromatic amines is 2. The number of likely N-dealkylation sites (tertiary alicyclic amines) is 1. The number of aromatic nitrogens is 3. The second-order valence-electron chi connectivity index (χ2n) is 6.92. The highest BCUT2D eigenvalue weighted by Crippen LogP contribution is 2.20. The predicted octanol–water partition coefficient (Wildman–Crippen LogP) is 2.45. The number of hydrogen-bond donors (Lipinski definition) is 3. The highest BCUT2D eigenvalue weighted by molar-refractivity contribution is 5.92. The average Bonchev–Trinajstić information content (AvgIpc) is 3.32. The van der Waals surface area contributed by atoms with E-state index in [-0.39, 0.29) is 5.91 Å². The predicted molar refractivity (Wildman–Crippen MR) is 97.3 cm³/mol. The standard InChI is InChI=1S/C19H23N5O/c1-13-8-18(23-22-13)19(25)20-10-14-6-7-24(11-14)12-16-9-15-4-2-3-5-17(15)21-16/h2-5,8-9,14,21H,6-7,10-12H2,1H3,(H,20,25)(H,22,23)/t14-/m1/s1. The summed E-state index contributed by atoms with van der Waals surface area (Å²) in [4.78, 5) is 18.0. The maximum Gasteiger partial charge on any atom is 0.271 e. The van der Waals surface area contributed by atoms with Gasteiger partial charge in [-0.15, -0.1) is 0 Å². The summed E-state index contributed by atoms with van der Waals surface area (Å²) in [5, 5.41) is 11.1. The van der Waals surface area contributed by atoms with E-state index in [1.165, 1.54) is 16.6 Å². The number of benzene rings is 1. The lowest BCUT2D eigenvalue weighted by Crippen LogP contribution is -2.31. The smallest absolute Gasteiger partial charge is 0.271 e. The third-order valence-corrected chi connectivity index (χ3v) is 4.84. The van der Waals surface area contributed by atoms with E-state index < -0.39 is 0 Å². The molecule has 0 radical (unpaired) electrons. The number of fused-ring (bicyclic) bond motifs is 1. The van der Waals surface area contributed by atoms with Gasteiger partial charge < -0.3 is 10.3 Å². The van der Waals surface area contributed by atoms with E-state index in [4.69, 9.17) is 0 Å². The molecule has 3 heterocycles. The zero-order valence-corrected chi connectivity index (χ0v) is 14.4. The van der Waals surface area contributed by atoms with Gasteiger partial charge in [-0.3, -0.25) is 14.8 Å². The summed E-state index contributed by atoms with van der Waals surface area (Å²) < 4.78 is 0. The normalized spacial score (nSPS) is 18.0. The molecule has 25 heavy (non-hydrogen) atoms. The fourth-order valence-corrected chi connectivity index (χ4v) is 3.54. The van der Waals surface area contributed by atoms with Crippen LogP contribution < -0.4 is 5.32 Å². The number of nitrogens with zero attached hydrogens (tertiary/aromatic N) is 2. The lowest BCUT2D eigenvalue weighted by atomic mass is 10.1. The first-order valence-corrected chi connectivity index (χ1v) is 8.76. The van der Waals surface area contributed by atoms with Gasteiger partial charge in [0.2, 0.25) is 0 Å². The molecule has 3 N–H and O–H groups in total. The van der Waals surface area contributed by atoms with Crippen LogP contribution in [-0.2, 0) is 6.54 Å². The fraction of sp³-hybridized carbons (Fsp3) is 0.368. The van der Waals surface area contributed by atoms with Crippen molar-refractivity contribution in [2.45, 2.75) is 19.9 Å². The van der Waals surface area contributed by atoms with Crippen molar-refractivity contribution in [1.82, 2.24) is 25.4 Å². The Hall–Kier alpha value is -2.60. The van der Waals surface area contributed by atoms with Gasteiger partial charge in [0.1, 0.15) is 5.69 Å². The molecule has 1 amide bonds. The van der Waals surface area contributed by atoms with Gasteiger partial charge in [-0.05, 0) is 49.4 Å². The number of carbonyl (C=O) groups is 1. The van der Waals surface area contributed by atoms with Gasteiger partial charge in [0, 0.05) is 36.5 Å². The lowest BCUT2D eigenvalue weighted by Gasteiger charge is -2.15. The Kier molecular flexibility index (Phi) is 4.28. The Morgan fingerprint density at radius 3 is 3.04 bits per heavy atom. The largest absolute Gasteiger partial charge is 0.357 e. The van der Waals surface area contributed by atoms with Crippen molar-refractivity contribution in [3.63, 3.8) is 0 Å². The highest BCUT2D eigenvalue weighted by atomic mass is 16.1. The first kappa shape index (κ1) is 15.9. The molecule has 0 unspecified atom stereocenters. The van der Waals surface area contributed by atoms with Gasteiger partial charge in [0.15, 0.2) is 0 Å². The molecule has 6 heteroatoms. The van der Waals surface area contributed by atoms with Gasteiger partial charge in [-0.2, -0.15) is 5.10 Å². The summed E-state index contributed by atoms with van der Waals surface area (Å²) in [7, 11) is 0. The monoisotopic (exact) mass is 337 g/mol. The molecule has 0 aliphatic carbocycles. The van der Waals surface area contributed by atoms with Crippen LogP contribution in [0.2, 0.25) is 0 Å². The van der Waals surface area contributed by atoms with Crippen LogP contribution in [0, 0.1) is 12.8 Å². The van der Waals surface area contributed by atoms with Crippen LogP contribution in [0.4, 0.5) is 0 Å². The maximum atomic E-state index is 12.1. The Morgan fingerprint density at radius 1 is 1.36 bits per heavy atom. The summed E-state index contributed by atoms with van der Waals surface area (Å²) in [5.74, 6) is 0.395. The molecule has 1 fully saturated rings. The molecule has 1 aliphatic heterocycles. The van der Waals surface area contributed by atoms with Crippen molar-refractivity contribution in [3.05, 3.63) is 53.5 Å². The molecule has 1 aromatic carbocycles. The van der Waals surface area contributed by atoms with Crippen molar-refractivity contribution >= 4 is 16.8 Å². The van der Waals surface area contributed by atoms with E-state index in [1.54, 1.807) is 6.07 Å².